The number of fused-ring (bicyclic) bond motifs is 1. The second kappa shape index (κ2) is 4.25. The first kappa shape index (κ1) is 12.8. The first-order valence-corrected chi connectivity index (χ1v) is 5.89. The van der Waals surface area contributed by atoms with Gasteiger partial charge in [-0.25, -0.2) is 0 Å². The monoisotopic (exact) mass is 292 g/mol. The molecule has 0 fully saturated rings. The normalized spacial score (nSPS) is 18.4. The molecule has 0 aromatic heterocycles. The molecule has 0 aliphatic heterocycles. The van der Waals surface area contributed by atoms with E-state index in [2.05, 4.69) is 0 Å². The smallest absolute Gasteiger partial charge is 0.217 e. The van der Waals surface area contributed by atoms with Gasteiger partial charge >= 0.3 is 0 Å². The molecule has 17 heavy (non-hydrogen) atoms. The lowest BCUT2D eigenvalue weighted by molar-refractivity contribution is 0.0622. The van der Waals surface area contributed by atoms with Gasteiger partial charge in [0.25, 0.3) is 0 Å². The van der Waals surface area contributed by atoms with E-state index >= 15 is 0 Å². The lowest BCUT2D eigenvalue weighted by Crippen LogP contribution is -2.39. The number of hydrogen-bond acceptors (Lipinski definition) is 3. The SMILES string of the molecule is O=C1c2ccccc2C(=O)C1C(O)C(Cl)(Cl)Cl. The van der Waals surface area contributed by atoms with Crippen molar-refractivity contribution in [2.24, 2.45) is 5.92 Å². The average Bonchev–Trinajstić information content (AvgIpc) is 2.51. The zero-order valence-electron chi connectivity index (χ0n) is 8.36. The van der Waals surface area contributed by atoms with Crippen LogP contribution >= 0.6 is 34.8 Å². The molecular formula is C11H7Cl3O3. The van der Waals surface area contributed by atoms with Crippen LogP contribution in [0.4, 0.5) is 0 Å². The summed E-state index contributed by atoms with van der Waals surface area (Å²) in [6.07, 6.45) is -1.65. The van der Waals surface area contributed by atoms with Crippen LogP contribution in [0.3, 0.4) is 0 Å². The lowest BCUT2D eigenvalue weighted by atomic mass is 9.98. The number of rotatable bonds is 1. The van der Waals surface area contributed by atoms with Gasteiger partial charge in [-0.15, -0.1) is 0 Å². The van der Waals surface area contributed by atoms with Gasteiger partial charge in [0, 0.05) is 11.1 Å². The summed E-state index contributed by atoms with van der Waals surface area (Å²) in [6.45, 7) is 0. The summed E-state index contributed by atoms with van der Waals surface area (Å²) in [5, 5.41) is 9.76. The molecule has 3 nitrogen and oxygen atoms in total. The largest absolute Gasteiger partial charge is 0.387 e. The molecule has 0 bridgehead atoms. The van der Waals surface area contributed by atoms with E-state index in [1.165, 1.54) is 12.1 Å². The number of halogens is 3. The van der Waals surface area contributed by atoms with Crippen LogP contribution in [-0.4, -0.2) is 26.6 Å². The topological polar surface area (TPSA) is 54.4 Å². The summed E-state index contributed by atoms with van der Waals surface area (Å²) >= 11 is 16.5. The summed E-state index contributed by atoms with van der Waals surface area (Å²) in [7, 11) is 0. The Morgan fingerprint density at radius 3 is 1.82 bits per heavy atom. The van der Waals surface area contributed by atoms with E-state index in [0.29, 0.717) is 0 Å². The fraction of sp³-hybridized carbons (Fsp3) is 0.273. The molecule has 0 amide bonds. The molecule has 90 valence electrons. The van der Waals surface area contributed by atoms with E-state index in [1.807, 2.05) is 0 Å². The van der Waals surface area contributed by atoms with Crippen LogP contribution in [0.1, 0.15) is 20.7 Å². The molecule has 1 atom stereocenters. The summed E-state index contributed by atoms with van der Waals surface area (Å²) in [4.78, 5) is 23.9. The van der Waals surface area contributed by atoms with Gasteiger partial charge in [-0.3, -0.25) is 9.59 Å². The molecule has 0 heterocycles. The van der Waals surface area contributed by atoms with E-state index in [4.69, 9.17) is 34.8 Å². The van der Waals surface area contributed by atoms with Crippen molar-refractivity contribution in [1.82, 2.24) is 0 Å². The highest BCUT2D eigenvalue weighted by Crippen LogP contribution is 2.39. The highest BCUT2D eigenvalue weighted by Gasteiger charge is 2.49. The molecule has 1 aromatic rings. The van der Waals surface area contributed by atoms with Crippen LogP contribution in [0, 0.1) is 5.92 Å². The fourth-order valence-corrected chi connectivity index (χ4v) is 2.22. The van der Waals surface area contributed by atoms with Gasteiger partial charge in [-0.2, -0.15) is 0 Å². The highest BCUT2D eigenvalue weighted by molar-refractivity contribution is 6.68. The van der Waals surface area contributed by atoms with Gasteiger partial charge < -0.3 is 5.11 Å². The standard InChI is InChI=1S/C11H7Cl3O3/c12-11(13,14)10(17)7-8(15)5-3-1-2-4-6(5)9(7)16/h1-4,7,10,17H. The summed E-state index contributed by atoms with van der Waals surface area (Å²) in [5.41, 5.74) is 0.520. The minimum Gasteiger partial charge on any atom is -0.387 e. The van der Waals surface area contributed by atoms with Crippen molar-refractivity contribution in [3.63, 3.8) is 0 Å². The second-order valence-corrected chi connectivity index (χ2v) is 6.11. The van der Waals surface area contributed by atoms with E-state index in [-0.39, 0.29) is 11.1 Å². The number of aliphatic hydroxyl groups is 1. The Morgan fingerprint density at radius 2 is 1.47 bits per heavy atom. The Labute approximate surface area is 112 Å². The van der Waals surface area contributed by atoms with Crippen molar-refractivity contribution < 1.29 is 14.7 Å². The molecule has 1 N–H and O–H groups in total. The third-order valence-corrected chi connectivity index (χ3v) is 3.34. The molecule has 1 aromatic carbocycles. The number of carbonyl (C=O) groups excluding carboxylic acids is 2. The third-order valence-electron chi connectivity index (χ3n) is 2.67. The van der Waals surface area contributed by atoms with Gasteiger partial charge in [0.2, 0.25) is 3.79 Å². The molecule has 0 radical (unpaired) electrons. The van der Waals surface area contributed by atoms with Crippen molar-refractivity contribution in [1.29, 1.82) is 0 Å². The van der Waals surface area contributed by atoms with Crippen molar-refractivity contribution in [2.75, 3.05) is 0 Å². The second-order valence-electron chi connectivity index (χ2n) is 3.74. The predicted molar refractivity (Wildman–Crippen MR) is 64.9 cm³/mol. The van der Waals surface area contributed by atoms with Crippen LogP contribution in [0.15, 0.2) is 24.3 Å². The lowest BCUT2D eigenvalue weighted by Gasteiger charge is -2.22. The Kier molecular flexibility index (Phi) is 3.21. The van der Waals surface area contributed by atoms with Crippen LogP contribution in [0.25, 0.3) is 0 Å². The number of benzene rings is 1. The van der Waals surface area contributed by atoms with E-state index in [0.717, 1.165) is 0 Å². The number of Topliss-reactive ketones (excluding diaryl/α,β-unsaturated/α-hetero) is 2. The minimum atomic E-state index is -2.07. The van der Waals surface area contributed by atoms with Crippen molar-refractivity contribution in [2.45, 2.75) is 9.90 Å². The highest BCUT2D eigenvalue weighted by atomic mass is 35.6. The summed E-state index contributed by atoms with van der Waals surface area (Å²) in [5.74, 6) is -2.35. The van der Waals surface area contributed by atoms with Crippen molar-refractivity contribution >= 4 is 46.4 Å². The molecule has 0 saturated heterocycles. The first-order valence-electron chi connectivity index (χ1n) is 4.76. The summed E-state index contributed by atoms with van der Waals surface area (Å²) in [6, 6.07) is 6.30. The molecule has 0 saturated carbocycles. The van der Waals surface area contributed by atoms with Gasteiger partial charge in [0.05, 0.1) is 0 Å². The predicted octanol–water partition coefficient (Wildman–Crippen LogP) is 2.41. The van der Waals surface area contributed by atoms with E-state index in [9.17, 15) is 14.7 Å². The van der Waals surface area contributed by atoms with Crippen molar-refractivity contribution in [3.05, 3.63) is 35.4 Å². The number of hydrogen-bond donors (Lipinski definition) is 1. The van der Waals surface area contributed by atoms with Gasteiger partial charge in [-0.1, -0.05) is 59.1 Å². The number of alkyl halides is 3. The molecular weight excluding hydrogens is 286 g/mol. The van der Waals surface area contributed by atoms with E-state index < -0.39 is 27.4 Å². The summed E-state index contributed by atoms with van der Waals surface area (Å²) < 4.78 is -2.07. The Hall–Kier alpha value is -0.610. The molecule has 2 rings (SSSR count). The Morgan fingerprint density at radius 1 is 1.06 bits per heavy atom. The van der Waals surface area contributed by atoms with Crippen LogP contribution in [-0.2, 0) is 0 Å². The van der Waals surface area contributed by atoms with Gasteiger partial charge in [0.15, 0.2) is 11.6 Å². The molecule has 6 heteroatoms. The number of aliphatic hydroxyl groups excluding tert-OH is 1. The maximum Gasteiger partial charge on any atom is 0.217 e. The zero-order chi connectivity index (χ0) is 12.8. The van der Waals surface area contributed by atoms with Crippen LogP contribution in [0.5, 0.6) is 0 Å². The molecule has 0 spiro atoms. The number of ketones is 2. The molecule has 1 unspecified atom stereocenters. The maximum absolute atomic E-state index is 11.9. The Bertz CT molecular complexity index is 458. The third kappa shape index (κ3) is 2.08. The average molecular weight is 294 g/mol. The number of carbonyl (C=O) groups is 2. The molecule has 1 aliphatic carbocycles. The molecule has 1 aliphatic rings. The van der Waals surface area contributed by atoms with Crippen molar-refractivity contribution in [3.8, 4) is 0 Å². The van der Waals surface area contributed by atoms with Crippen LogP contribution < -0.4 is 0 Å². The van der Waals surface area contributed by atoms with Crippen LogP contribution in [0.2, 0.25) is 0 Å². The minimum absolute atomic E-state index is 0.260. The van der Waals surface area contributed by atoms with E-state index in [1.54, 1.807) is 12.1 Å². The quantitative estimate of drug-likeness (QED) is 0.639. The van der Waals surface area contributed by atoms with Gasteiger partial charge in [-0.05, 0) is 0 Å². The Balaban J connectivity index is 2.44. The first-order chi connectivity index (χ1) is 7.84. The maximum atomic E-state index is 11.9. The fourth-order valence-electron chi connectivity index (χ4n) is 1.84. The zero-order valence-corrected chi connectivity index (χ0v) is 10.6. The van der Waals surface area contributed by atoms with Gasteiger partial charge in [0.1, 0.15) is 12.0 Å².